The van der Waals surface area contributed by atoms with Gasteiger partial charge in [-0.1, -0.05) is 35.5 Å². The van der Waals surface area contributed by atoms with Crippen LogP contribution in [0.3, 0.4) is 0 Å². The number of hydrogen-bond acceptors (Lipinski definition) is 3. The Bertz CT molecular complexity index is 612. The summed E-state index contributed by atoms with van der Waals surface area (Å²) in [5, 5.41) is 1.38. The zero-order chi connectivity index (χ0) is 13.1. The number of halogens is 2. The number of thioether (sulfide) groups is 1. The van der Waals surface area contributed by atoms with Crippen LogP contribution in [0.1, 0.15) is 5.56 Å². The van der Waals surface area contributed by atoms with E-state index in [2.05, 4.69) is 20.9 Å². The molecule has 0 bridgehead atoms. The van der Waals surface area contributed by atoms with Gasteiger partial charge in [-0.05, 0) is 39.9 Å². The van der Waals surface area contributed by atoms with E-state index in [1.54, 1.807) is 4.57 Å². The summed E-state index contributed by atoms with van der Waals surface area (Å²) in [5.74, 6) is 0. The highest BCUT2D eigenvalue weighted by Crippen LogP contribution is 2.15. The SMILES string of the molecule is CSc1ncc(Br)c(=O)n1Cc1ccc(Cl)cc1. The topological polar surface area (TPSA) is 34.9 Å². The van der Waals surface area contributed by atoms with E-state index in [0.29, 0.717) is 21.2 Å². The summed E-state index contributed by atoms with van der Waals surface area (Å²) < 4.78 is 2.10. The fourth-order valence-corrected chi connectivity index (χ4v) is 2.50. The summed E-state index contributed by atoms with van der Waals surface area (Å²) in [6.07, 6.45) is 3.43. The molecule has 0 N–H and O–H groups in total. The van der Waals surface area contributed by atoms with Crippen molar-refractivity contribution in [1.82, 2.24) is 9.55 Å². The highest BCUT2D eigenvalue weighted by atomic mass is 79.9. The van der Waals surface area contributed by atoms with Gasteiger partial charge in [-0.2, -0.15) is 0 Å². The van der Waals surface area contributed by atoms with Gasteiger partial charge in [-0.15, -0.1) is 0 Å². The number of aromatic nitrogens is 2. The number of hydrogen-bond donors (Lipinski definition) is 0. The molecule has 0 aliphatic heterocycles. The maximum atomic E-state index is 12.1. The van der Waals surface area contributed by atoms with Crippen LogP contribution in [-0.4, -0.2) is 15.8 Å². The molecule has 0 atom stereocenters. The third-order valence-electron chi connectivity index (χ3n) is 2.41. The Hall–Kier alpha value is -0.780. The van der Waals surface area contributed by atoms with E-state index in [9.17, 15) is 4.79 Å². The summed E-state index contributed by atoms with van der Waals surface area (Å²) in [6.45, 7) is 0.485. The first-order chi connectivity index (χ1) is 8.61. The molecular formula is C12H10BrClN2OS. The monoisotopic (exact) mass is 344 g/mol. The quantitative estimate of drug-likeness (QED) is 0.631. The first-order valence-corrected chi connectivity index (χ1v) is 7.55. The fraction of sp³-hybridized carbons (Fsp3) is 0.167. The second kappa shape index (κ2) is 5.91. The first-order valence-electron chi connectivity index (χ1n) is 5.15. The van der Waals surface area contributed by atoms with Crippen molar-refractivity contribution in [3.05, 3.63) is 55.9 Å². The van der Waals surface area contributed by atoms with E-state index in [0.717, 1.165) is 5.56 Å². The van der Waals surface area contributed by atoms with E-state index in [1.165, 1.54) is 18.0 Å². The lowest BCUT2D eigenvalue weighted by Crippen LogP contribution is -2.23. The molecule has 0 saturated heterocycles. The van der Waals surface area contributed by atoms with Gasteiger partial charge in [0.1, 0.15) is 4.47 Å². The van der Waals surface area contributed by atoms with E-state index in [4.69, 9.17) is 11.6 Å². The van der Waals surface area contributed by atoms with Crippen molar-refractivity contribution >= 4 is 39.3 Å². The Balaban J connectivity index is 2.42. The Morgan fingerprint density at radius 1 is 1.39 bits per heavy atom. The minimum absolute atomic E-state index is 0.0794. The normalized spacial score (nSPS) is 10.6. The van der Waals surface area contributed by atoms with Gasteiger partial charge in [0.2, 0.25) is 0 Å². The van der Waals surface area contributed by atoms with E-state index in [1.807, 2.05) is 30.5 Å². The second-order valence-electron chi connectivity index (χ2n) is 3.61. The van der Waals surface area contributed by atoms with Gasteiger partial charge in [-0.3, -0.25) is 9.36 Å². The van der Waals surface area contributed by atoms with Crippen molar-refractivity contribution in [3.63, 3.8) is 0 Å². The van der Waals surface area contributed by atoms with Crippen LogP contribution < -0.4 is 5.56 Å². The summed E-state index contributed by atoms with van der Waals surface area (Å²) in [5.41, 5.74) is 0.931. The summed E-state index contributed by atoms with van der Waals surface area (Å²) in [4.78, 5) is 16.3. The third-order valence-corrected chi connectivity index (χ3v) is 3.89. The van der Waals surface area contributed by atoms with Crippen molar-refractivity contribution in [2.45, 2.75) is 11.7 Å². The van der Waals surface area contributed by atoms with Crippen LogP contribution in [0.25, 0.3) is 0 Å². The van der Waals surface area contributed by atoms with Gasteiger partial charge >= 0.3 is 0 Å². The molecule has 2 aromatic rings. The third kappa shape index (κ3) is 2.96. The Morgan fingerprint density at radius 2 is 2.06 bits per heavy atom. The molecule has 0 unspecified atom stereocenters. The maximum absolute atomic E-state index is 12.1. The van der Waals surface area contributed by atoms with Crippen LogP contribution in [0.15, 0.2) is 44.9 Å². The van der Waals surface area contributed by atoms with Gasteiger partial charge in [-0.25, -0.2) is 4.98 Å². The highest BCUT2D eigenvalue weighted by Gasteiger charge is 2.08. The number of rotatable bonds is 3. The molecule has 0 aliphatic carbocycles. The average Bonchev–Trinajstić information content (AvgIpc) is 2.38. The molecule has 1 aromatic heterocycles. The molecule has 3 nitrogen and oxygen atoms in total. The average molecular weight is 346 g/mol. The zero-order valence-corrected chi connectivity index (χ0v) is 12.7. The Kier molecular flexibility index (Phi) is 4.48. The molecule has 0 fully saturated rings. The van der Waals surface area contributed by atoms with Crippen molar-refractivity contribution in [2.75, 3.05) is 6.26 Å². The van der Waals surface area contributed by atoms with Crippen molar-refractivity contribution in [1.29, 1.82) is 0 Å². The Morgan fingerprint density at radius 3 is 2.67 bits per heavy atom. The molecule has 2 rings (SSSR count). The lowest BCUT2D eigenvalue weighted by Gasteiger charge is -2.10. The molecule has 1 aromatic carbocycles. The first kappa shape index (κ1) is 13.6. The molecule has 6 heteroatoms. The molecule has 1 heterocycles. The van der Waals surface area contributed by atoms with E-state index < -0.39 is 0 Å². The Labute approximate surface area is 122 Å². The summed E-state index contributed by atoms with van der Waals surface area (Å²) in [6, 6.07) is 7.43. The molecule has 0 radical (unpaired) electrons. The van der Waals surface area contributed by atoms with Gasteiger partial charge in [0.05, 0.1) is 6.54 Å². The molecule has 0 aliphatic rings. The largest absolute Gasteiger partial charge is 0.282 e. The molecule has 0 saturated carbocycles. The fourth-order valence-electron chi connectivity index (χ4n) is 1.53. The molecular weight excluding hydrogens is 336 g/mol. The lowest BCUT2D eigenvalue weighted by atomic mass is 10.2. The lowest BCUT2D eigenvalue weighted by molar-refractivity contribution is 0.641. The molecule has 0 amide bonds. The zero-order valence-electron chi connectivity index (χ0n) is 9.56. The number of benzene rings is 1. The van der Waals surface area contributed by atoms with Crippen LogP contribution >= 0.6 is 39.3 Å². The van der Waals surface area contributed by atoms with E-state index >= 15 is 0 Å². The van der Waals surface area contributed by atoms with Gasteiger partial charge in [0, 0.05) is 11.2 Å². The van der Waals surface area contributed by atoms with Gasteiger partial charge in [0.15, 0.2) is 5.16 Å². The molecule has 18 heavy (non-hydrogen) atoms. The summed E-state index contributed by atoms with van der Waals surface area (Å²) >= 11 is 10.5. The summed E-state index contributed by atoms with van der Waals surface area (Å²) in [7, 11) is 0. The highest BCUT2D eigenvalue weighted by molar-refractivity contribution is 9.10. The van der Waals surface area contributed by atoms with Crippen molar-refractivity contribution in [2.24, 2.45) is 0 Å². The van der Waals surface area contributed by atoms with Crippen LogP contribution in [-0.2, 0) is 6.54 Å². The minimum atomic E-state index is -0.0794. The standard InChI is InChI=1S/C12H10BrClN2OS/c1-18-12-15-6-10(13)11(17)16(12)7-8-2-4-9(14)5-3-8/h2-6H,7H2,1H3. The van der Waals surface area contributed by atoms with E-state index in [-0.39, 0.29) is 5.56 Å². The number of nitrogens with zero attached hydrogens (tertiary/aromatic N) is 2. The van der Waals surface area contributed by atoms with Crippen molar-refractivity contribution in [3.8, 4) is 0 Å². The minimum Gasteiger partial charge on any atom is -0.282 e. The molecule has 94 valence electrons. The van der Waals surface area contributed by atoms with Crippen LogP contribution in [0.2, 0.25) is 5.02 Å². The second-order valence-corrected chi connectivity index (χ2v) is 5.67. The van der Waals surface area contributed by atoms with Gasteiger partial charge < -0.3 is 0 Å². The maximum Gasteiger partial charge on any atom is 0.268 e. The van der Waals surface area contributed by atoms with Crippen LogP contribution in [0, 0.1) is 0 Å². The predicted molar refractivity (Wildman–Crippen MR) is 78.5 cm³/mol. The molecule has 0 spiro atoms. The van der Waals surface area contributed by atoms with Crippen LogP contribution in [0.4, 0.5) is 0 Å². The van der Waals surface area contributed by atoms with Crippen LogP contribution in [0.5, 0.6) is 0 Å². The smallest absolute Gasteiger partial charge is 0.268 e. The predicted octanol–water partition coefficient (Wildman–Crippen LogP) is 3.43. The van der Waals surface area contributed by atoms with Crippen molar-refractivity contribution < 1.29 is 0 Å². The van der Waals surface area contributed by atoms with Gasteiger partial charge in [0.25, 0.3) is 5.56 Å².